The van der Waals surface area contributed by atoms with Crippen LogP contribution >= 0.6 is 0 Å². The van der Waals surface area contributed by atoms with Crippen LogP contribution in [0.25, 0.3) is 0 Å². The zero-order chi connectivity index (χ0) is 9.14. The lowest BCUT2D eigenvalue weighted by Gasteiger charge is -2.10. The Morgan fingerprint density at radius 3 is 2.67 bits per heavy atom. The molecule has 1 rings (SSSR count). The van der Waals surface area contributed by atoms with Crippen LogP contribution < -0.4 is 0 Å². The summed E-state index contributed by atoms with van der Waals surface area (Å²) in [5, 5.41) is 7.45. The van der Waals surface area contributed by atoms with Crippen molar-refractivity contribution in [3.8, 4) is 0 Å². The number of nitrogens with zero attached hydrogens (tertiary/aromatic N) is 3. The summed E-state index contributed by atoms with van der Waals surface area (Å²) in [6.45, 7) is 1.77. The lowest BCUT2D eigenvalue weighted by atomic mass is 10.2. The van der Waals surface area contributed by atoms with Crippen LogP contribution in [0.1, 0.15) is 16.1 Å². The second-order valence-electron chi connectivity index (χ2n) is 2.73. The van der Waals surface area contributed by atoms with Crippen molar-refractivity contribution in [1.82, 2.24) is 15.1 Å². The third-order valence-corrected chi connectivity index (χ3v) is 1.54. The quantitative estimate of drug-likeness (QED) is 0.608. The highest BCUT2D eigenvalue weighted by Crippen LogP contribution is 2.03. The fourth-order valence-corrected chi connectivity index (χ4v) is 0.869. The summed E-state index contributed by atoms with van der Waals surface area (Å²) in [4.78, 5) is 12.9. The van der Waals surface area contributed by atoms with E-state index < -0.39 is 0 Å². The lowest BCUT2D eigenvalue weighted by molar-refractivity contribution is 0.0826. The molecule has 0 saturated carbocycles. The van der Waals surface area contributed by atoms with Crippen molar-refractivity contribution in [2.24, 2.45) is 0 Å². The van der Waals surface area contributed by atoms with Gasteiger partial charge in [-0.3, -0.25) is 4.79 Å². The van der Waals surface area contributed by atoms with Crippen LogP contribution in [0.3, 0.4) is 0 Å². The van der Waals surface area contributed by atoms with Gasteiger partial charge >= 0.3 is 0 Å². The van der Waals surface area contributed by atoms with Gasteiger partial charge in [-0.1, -0.05) is 0 Å². The minimum atomic E-state index is -0.0394. The van der Waals surface area contributed by atoms with Gasteiger partial charge < -0.3 is 4.90 Å². The summed E-state index contributed by atoms with van der Waals surface area (Å²) in [6, 6.07) is 1.67. The first-order valence-corrected chi connectivity index (χ1v) is 3.63. The second kappa shape index (κ2) is 3.30. The topological polar surface area (TPSA) is 46.1 Å². The van der Waals surface area contributed by atoms with Gasteiger partial charge in [0, 0.05) is 14.1 Å². The molecule has 0 spiro atoms. The van der Waals surface area contributed by atoms with Gasteiger partial charge in [-0.05, 0) is 13.0 Å². The van der Waals surface area contributed by atoms with Gasteiger partial charge in [-0.2, -0.15) is 10.2 Å². The fourth-order valence-electron chi connectivity index (χ4n) is 0.869. The van der Waals surface area contributed by atoms with Crippen LogP contribution in [-0.2, 0) is 0 Å². The van der Waals surface area contributed by atoms with E-state index in [2.05, 4.69) is 10.2 Å². The van der Waals surface area contributed by atoms with Crippen molar-refractivity contribution in [3.05, 3.63) is 23.5 Å². The molecule has 0 atom stereocenters. The highest BCUT2D eigenvalue weighted by atomic mass is 16.2. The Morgan fingerprint density at radius 2 is 2.17 bits per heavy atom. The molecule has 0 aromatic carbocycles. The molecule has 0 radical (unpaired) electrons. The molecule has 64 valence electrons. The average molecular weight is 165 g/mol. The Bertz CT molecular complexity index is 296. The third-order valence-electron chi connectivity index (χ3n) is 1.54. The molecule has 0 fully saturated rings. The molecule has 0 aliphatic heterocycles. The monoisotopic (exact) mass is 165 g/mol. The van der Waals surface area contributed by atoms with Crippen LogP contribution in [0.15, 0.2) is 12.3 Å². The molecule has 0 aliphatic carbocycles. The Labute approximate surface area is 71.2 Å². The van der Waals surface area contributed by atoms with Crippen LogP contribution in [0, 0.1) is 6.92 Å². The molecule has 0 unspecified atom stereocenters. The van der Waals surface area contributed by atoms with Gasteiger partial charge in [-0.25, -0.2) is 0 Å². The van der Waals surface area contributed by atoms with E-state index in [4.69, 9.17) is 0 Å². The zero-order valence-electron chi connectivity index (χ0n) is 7.40. The largest absolute Gasteiger partial charge is 0.345 e. The van der Waals surface area contributed by atoms with Gasteiger partial charge in [0.2, 0.25) is 0 Å². The molecule has 0 bridgehead atoms. The number of hydrogen-bond donors (Lipinski definition) is 0. The first-order chi connectivity index (χ1) is 5.63. The molecule has 1 amide bonds. The zero-order valence-corrected chi connectivity index (χ0v) is 7.40. The van der Waals surface area contributed by atoms with Crippen LogP contribution in [0.2, 0.25) is 0 Å². The second-order valence-corrected chi connectivity index (χ2v) is 2.73. The van der Waals surface area contributed by atoms with E-state index in [1.54, 1.807) is 27.1 Å². The molecule has 0 aliphatic rings. The third kappa shape index (κ3) is 1.58. The van der Waals surface area contributed by atoms with Crippen molar-refractivity contribution in [3.63, 3.8) is 0 Å². The number of aryl methyl sites for hydroxylation is 1. The molecule has 1 heterocycles. The Balaban J connectivity index is 3.03. The van der Waals surface area contributed by atoms with Gasteiger partial charge in [0.25, 0.3) is 5.91 Å². The summed E-state index contributed by atoms with van der Waals surface area (Å²) in [5.74, 6) is -0.0394. The lowest BCUT2D eigenvalue weighted by Crippen LogP contribution is -2.22. The fraction of sp³-hybridized carbons (Fsp3) is 0.375. The smallest absolute Gasteiger partial charge is 0.255 e. The minimum Gasteiger partial charge on any atom is -0.345 e. The molecular formula is C8H11N3O. The van der Waals surface area contributed by atoms with Crippen LogP contribution in [0.4, 0.5) is 0 Å². The van der Waals surface area contributed by atoms with E-state index >= 15 is 0 Å². The number of carbonyl (C=O) groups excluding carboxylic acids is 1. The summed E-state index contributed by atoms with van der Waals surface area (Å²) < 4.78 is 0. The minimum absolute atomic E-state index is 0.0394. The van der Waals surface area contributed by atoms with Crippen molar-refractivity contribution in [2.75, 3.05) is 14.1 Å². The molecule has 1 aromatic heterocycles. The Hall–Kier alpha value is -1.45. The molecule has 4 heteroatoms. The van der Waals surface area contributed by atoms with Crippen molar-refractivity contribution in [2.45, 2.75) is 6.92 Å². The number of amides is 1. The first-order valence-electron chi connectivity index (χ1n) is 3.63. The number of aromatic nitrogens is 2. The number of rotatable bonds is 1. The summed E-state index contributed by atoms with van der Waals surface area (Å²) in [7, 11) is 3.42. The van der Waals surface area contributed by atoms with E-state index in [0.717, 1.165) is 0 Å². The average Bonchev–Trinajstić information content (AvgIpc) is 2.04. The van der Waals surface area contributed by atoms with E-state index in [-0.39, 0.29) is 5.91 Å². The van der Waals surface area contributed by atoms with Crippen LogP contribution in [0.5, 0.6) is 0 Å². The highest BCUT2D eigenvalue weighted by Gasteiger charge is 2.10. The van der Waals surface area contributed by atoms with E-state index in [0.29, 0.717) is 11.3 Å². The van der Waals surface area contributed by atoms with Crippen molar-refractivity contribution >= 4 is 5.91 Å². The summed E-state index contributed by atoms with van der Waals surface area (Å²) >= 11 is 0. The van der Waals surface area contributed by atoms with Gasteiger partial charge in [0.05, 0.1) is 17.5 Å². The SMILES string of the molecule is Cc1nnccc1C(=O)N(C)C. The standard InChI is InChI=1S/C8H11N3O/c1-6-7(4-5-9-10-6)8(12)11(2)3/h4-5H,1-3H3. The predicted molar refractivity (Wildman–Crippen MR) is 44.8 cm³/mol. The van der Waals surface area contributed by atoms with Crippen molar-refractivity contribution < 1.29 is 4.79 Å². The maximum Gasteiger partial charge on any atom is 0.255 e. The van der Waals surface area contributed by atoms with Gasteiger partial charge in [-0.15, -0.1) is 0 Å². The number of hydrogen-bond acceptors (Lipinski definition) is 3. The molecule has 0 N–H and O–H groups in total. The normalized spacial score (nSPS) is 9.58. The molecular weight excluding hydrogens is 154 g/mol. The Kier molecular flexibility index (Phi) is 2.38. The molecule has 12 heavy (non-hydrogen) atoms. The van der Waals surface area contributed by atoms with Gasteiger partial charge in [0.15, 0.2) is 0 Å². The summed E-state index contributed by atoms with van der Waals surface area (Å²) in [5.41, 5.74) is 1.27. The van der Waals surface area contributed by atoms with E-state index in [1.165, 1.54) is 11.1 Å². The first kappa shape index (κ1) is 8.64. The molecule has 0 saturated heterocycles. The predicted octanol–water partition coefficient (Wildman–Crippen LogP) is 0.487. The maximum absolute atomic E-state index is 11.4. The molecule has 4 nitrogen and oxygen atoms in total. The summed E-state index contributed by atoms with van der Waals surface area (Å²) in [6.07, 6.45) is 1.52. The van der Waals surface area contributed by atoms with Crippen molar-refractivity contribution in [1.29, 1.82) is 0 Å². The number of carbonyl (C=O) groups is 1. The van der Waals surface area contributed by atoms with E-state index in [1.807, 2.05) is 0 Å². The highest BCUT2D eigenvalue weighted by molar-refractivity contribution is 5.94. The van der Waals surface area contributed by atoms with Gasteiger partial charge in [0.1, 0.15) is 0 Å². The Morgan fingerprint density at radius 1 is 1.50 bits per heavy atom. The maximum atomic E-state index is 11.4. The van der Waals surface area contributed by atoms with E-state index in [9.17, 15) is 4.79 Å². The van der Waals surface area contributed by atoms with Crippen LogP contribution in [-0.4, -0.2) is 35.1 Å². The molecule has 1 aromatic rings.